The Morgan fingerprint density at radius 3 is 0.725 bits per heavy atom. The first-order valence-corrected chi connectivity index (χ1v) is 39.5. The van der Waals surface area contributed by atoms with Gasteiger partial charge in [0.1, 0.15) is 35.7 Å². The summed E-state index contributed by atoms with van der Waals surface area (Å²) in [5.74, 6) is 1.61. The van der Waals surface area contributed by atoms with Gasteiger partial charge in [-0.15, -0.1) is 0 Å². The molecule has 0 unspecified atom stereocenters. The average molecular weight is 1400 g/mol. The molecular formula is C90H100N2O8P2. The van der Waals surface area contributed by atoms with Crippen molar-refractivity contribution in [2.24, 2.45) is 0 Å². The number of benzene rings is 10. The van der Waals surface area contributed by atoms with Crippen LogP contribution < -0.4 is 50.8 Å². The van der Waals surface area contributed by atoms with Gasteiger partial charge in [-0.1, -0.05) is 314 Å². The molecule has 10 nitrogen and oxygen atoms in total. The molecule has 0 spiro atoms. The SMILES string of the molecule is C[C@@H](NC(=O)COc1c2cc(C(C)(C)C)cc1Cc1cc(C(C)(C)C)cc(c1OCP(=O)(c1ccccc1)c1ccccc1)Cc1cc(C(C)(C)C)cc(c1OCP(=O)(c1ccccc1)c1ccccc1)Cc1cc(C(C)(C)C)cc(c1OCC(=O)N[C@H](C)c1ccccc1)C2)c1ccccc1. The molecule has 2 atom stereocenters. The lowest BCUT2D eigenvalue weighted by atomic mass is 9.79. The van der Waals surface area contributed by atoms with Crippen molar-refractivity contribution < 1.29 is 37.7 Å². The third kappa shape index (κ3) is 17.5. The van der Waals surface area contributed by atoms with Crippen molar-refractivity contribution in [1.29, 1.82) is 0 Å². The molecular weight excluding hydrogens is 1300 g/mol. The van der Waals surface area contributed by atoms with Gasteiger partial charge in [-0.2, -0.15) is 0 Å². The van der Waals surface area contributed by atoms with E-state index in [0.29, 0.717) is 44.2 Å². The zero-order chi connectivity index (χ0) is 72.8. The van der Waals surface area contributed by atoms with Gasteiger partial charge in [0, 0.05) is 46.9 Å². The summed E-state index contributed by atoms with van der Waals surface area (Å²) in [6.45, 7) is 29.9. The molecule has 528 valence electrons. The van der Waals surface area contributed by atoms with E-state index in [-0.39, 0.29) is 75.5 Å². The zero-order valence-electron chi connectivity index (χ0n) is 61.9. The first kappa shape index (κ1) is 74.0. The molecule has 12 heteroatoms. The van der Waals surface area contributed by atoms with Crippen molar-refractivity contribution in [2.75, 3.05) is 25.9 Å². The Labute approximate surface area is 605 Å². The lowest BCUT2D eigenvalue weighted by molar-refractivity contribution is -0.124. The molecule has 0 aliphatic heterocycles. The lowest BCUT2D eigenvalue weighted by Gasteiger charge is -2.30. The van der Waals surface area contributed by atoms with Gasteiger partial charge in [-0.3, -0.25) is 9.59 Å². The van der Waals surface area contributed by atoms with E-state index in [1.54, 1.807) is 0 Å². The quantitative estimate of drug-likeness (QED) is 0.0722. The maximum atomic E-state index is 16.4. The Morgan fingerprint density at radius 2 is 0.520 bits per heavy atom. The van der Waals surface area contributed by atoms with Crippen molar-refractivity contribution in [3.63, 3.8) is 0 Å². The van der Waals surface area contributed by atoms with Crippen molar-refractivity contribution in [2.45, 2.75) is 156 Å². The van der Waals surface area contributed by atoms with Crippen molar-refractivity contribution >= 4 is 47.3 Å². The Balaban J connectivity index is 1.21. The predicted molar refractivity (Wildman–Crippen MR) is 419 cm³/mol. The molecule has 102 heavy (non-hydrogen) atoms. The fourth-order valence-corrected chi connectivity index (χ4v) is 17.9. The maximum Gasteiger partial charge on any atom is 0.258 e. The van der Waals surface area contributed by atoms with Gasteiger partial charge in [-0.05, 0) is 113 Å². The van der Waals surface area contributed by atoms with Gasteiger partial charge >= 0.3 is 0 Å². The molecule has 0 heterocycles. The Kier molecular flexibility index (Phi) is 22.3. The number of amides is 2. The Bertz CT molecular complexity index is 4300. The summed E-state index contributed by atoms with van der Waals surface area (Å²) in [5, 5.41) is 9.11. The molecule has 11 rings (SSSR count). The maximum absolute atomic E-state index is 16.4. The highest BCUT2D eigenvalue weighted by atomic mass is 31.2. The van der Waals surface area contributed by atoms with Gasteiger partial charge in [0.2, 0.25) is 0 Å². The molecule has 2 amide bonds. The minimum absolute atomic E-state index is 0.170. The van der Waals surface area contributed by atoms with E-state index >= 15 is 9.13 Å². The molecule has 8 bridgehead atoms. The van der Waals surface area contributed by atoms with Crippen LogP contribution in [0, 0.1) is 0 Å². The smallest absolute Gasteiger partial charge is 0.258 e. The van der Waals surface area contributed by atoms with E-state index in [1.165, 1.54) is 0 Å². The zero-order valence-corrected chi connectivity index (χ0v) is 63.7. The van der Waals surface area contributed by atoms with Gasteiger partial charge in [0.05, 0.1) is 12.1 Å². The normalized spacial score (nSPS) is 13.5. The minimum atomic E-state index is -3.55. The van der Waals surface area contributed by atoms with E-state index < -0.39 is 35.9 Å². The van der Waals surface area contributed by atoms with Crippen molar-refractivity contribution in [1.82, 2.24) is 10.6 Å². The van der Waals surface area contributed by atoms with Crippen LogP contribution >= 0.6 is 14.3 Å². The highest BCUT2D eigenvalue weighted by molar-refractivity contribution is 7.79. The lowest BCUT2D eigenvalue weighted by Crippen LogP contribution is -2.31. The molecule has 1 aliphatic carbocycles. The van der Waals surface area contributed by atoms with Crippen LogP contribution in [0.25, 0.3) is 0 Å². The summed E-state index contributed by atoms with van der Waals surface area (Å²) in [4.78, 5) is 29.2. The van der Waals surface area contributed by atoms with E-state index in [2.05, 4.69) is 142 Å². The summed E-state index contributed by atoms with van der Waals surface area (Å²) in [6.07, 6.45) is 0.684. The highest BCUT2D eigenvalue weighted by Gasteiger charge is 2.35. The fourth-order valence-electron chi connectivity index (χ4n) is 13.4. The van der Waals surface area contributed by atoms with Crippen LogP contribution in [0.2, 0.25) is 0 Å². The van der Waals surface area contributed by atoms with Crippen LogP contribution in [0.5, 0.6) is 23.0 Å². The molecule has 2 N–H and O–H groups in total. The largest absolute Gasteiger partial charge is 0.485 e. The first-order chi connectivity index (χ1) is 48.4. The summed E-state index contributed by atoms with van der Waals surface area (Å²) in [7, 11) is -7.10. The number of carbonyl (C=O) groups excluding carboxylic acids is 2. The van der Waals surface area contributed by atoms with Crippen LogP contribution in [0.1, 0.15) is 187 Å². The first-order valence-electron chi connectivity index (χ1n) is 35.7. The van der Waals surface area contributed by atoms with Gasteiger partial charge < -0.3 is 38.7 Å². The highest BCUT2D eigenvalue weighted by Crippen LogP contribution is 2.50. The predicted octanol–water partition coefficient (Wildman–Crippen LogP) is 18.8. The minimum Gasteiger partial charge on any atom is -0.485 e. The second-order valence-corrected chi connectivity index (χ2v) is 37.1. The van der Waals surface area contributed by atoms with Crippen molar-refractivity contribution in [3.8, 4) is 23.0 Å². The third-order valence-electron chi connectivity index (χ3n) is 19.5. The molecule has 1 aliphatic rings. The van der Waals surface area contributed by atoms with Crippen molar-refractivity contribution in [3.05, 3.63) is 308 Å². The average Bonchev–Trinajstić information content (AvgIpc) is 0.757. The number of rotatable bonds is 20. The van der Waals surface area contributed by atoms with E-state index in [4.69, 9.17) is 18.9 Å². The van der Waals surface area contributed by atoms with Crippen LogP contribution in [-0.4, -0.2) is 37.7 Å². The molecule has 0 radical (unpaired) electrons. The van der Waals surface area contributed by atoms with Crippen LogP contribution in [0.15, 0.2) is 231 Å². The number of nitrogens with one attached hydrogen (secondary N) is 2. The molecule has 0 saturated carbocycles. The third-order valence-corrected chi connectivity index (χ3v) is 25.0. The Morgan fingerprint density at radius 1 is 0.324 bits per heavy atom. The van der Waals surface area contributed by atoms with Gasteiger partial charge in [0.25, 0.3) is 11.8 Å². The summed E-state index contributed by atoms with van der Waals surface area (Å²) >= 11 is 0. The summed E-state index contributed by atoms with van der Waals surface area (Å²) < 4.78 is 62.4. The second kappa shape index (κ2) is 30.8. The second-order valence-electron chi connectivity index (χ2n) is 31.5. The van der Waals surface area contributed by atoms with E-state index in [9.17, 15) is 9.59 Å². The number of hydrogen-bond acceptors (Lipinski definition) is 8. The standard InChI is InChI=1S/C90H100N2O8P2/c1-61(63-33-21-15-22-34-63)91-81(93)57-97-83-65-45-66-50-74(88(6,7)8)52-68(84(66)98-58-82(94)92-62(2)64-35-23-16-24-36-64)47-70-54-76(90(12,13)14)56-72(86(70)100-60-102(96,79-41-29-19-30-42-79)80-43-31-20-32-44-80)48-71-55-75(89(9,10)11)53-69(46-67(83)51-73(49-65)87(3,4)5)85(71)99-59-101(95,77-37-25-17-26-38-77)78-39-27-18-28-40-78/h15-44,49-56,61-62H,45-48,57-60H2,1-14H3,(H,91,93)(H,92,94)/t61-,62-/m1/s1. The number of carbonyl (C=O) groups is 2. The van der Waals surface area contributed by atoms with Crippen LogP contribution in [0.3, 0.4) is 0 Å². The number of fused-ring (bicyclic) bond motifs is 8. The van der Waals surface area contributed by atoms with Gasteiger partial charge in [0.15, 0.2) is 27.5 Å². The monoisotopic (exact) mass is 1400 g/mol. The number of ether oxygens (including phenoxy) is 4. The van der Waals surface area contributed by atoms with E-state index in [0.717, 1.165) is 77.9 Å². The molecule has 0 saturated heterocycles. The molecule has 0 fully saturated rings. The van der Waals surface area contributed by atoms with Crippen LogP contribution in [0.4, 0.5) is 0 Å². The molecule has 0 aromatic heterocycles. The fraction of sp³-hybridized carbons (Fsp3) is 0.311. The molecule has 10 aromatic rings. The van der Waals surface area contributed by atoms with E-state index in [1.807, 2.05) is 196 Å². The number of hydrogen-bond donors (Lipinski definition) is 2. The Hall–Kier alpha value is -9.20. The molecule has 10 aromatic carbocycles. The topological polar surface area (TPSA) is 129 Å². The van der Waals surface area contributed by atoms with Gasteiger partial charge in [-0.25, -0.2) is 0 Å². The summed E-state index contributed by atoms with van der Waals surface area (Å²) in [5.41, 5.74) is 11.0. The summed E-state index contributed by atoms with van der Waals surface area (Å²) in [6, 6.07) is 75.5. The van der Waals surface area contributed by atoms with Crippen LogP contribution in [-0.2, 0) is 66.1 Å².